The fourth-order valence-electron chi connectivity index (χ4n) is 3.10. The van der Waals surface area contributed by atoms with Gasteiger partial charge in [-0.3, -0.25) is 4.79 Å². The quantitative estimate of drug-likeness (QED) is 0.745. The summed E-state index contributed by atoms with van der Waals surface area (Å²) < 4.78 is 16.0. The lowest BCUT2D eigenvalue weighted by atomic mass is 10.0. The maximum atomic E-state index is 12.4. The average Bonchev–Trinajstić information content (AvgIpc) is 3.16. The molecule has 1 N–H and O–H groups in total. The Morgan fingerprint density at radius 2 is 1.89 bits per heavy atom. The Morgan fingerprint density at radius 1 is 1.18 bits per heavy atom. The normalized spacial score (nSPS) is 14.1. The number of fused-ring (bicyclic) bond motifs is 1. The zero-order valence-electron chi connectivity index (χ0n) is 16.7. The highest BCUT2D eigenvalue weighted by atomic mass is 16.7. The van der Waals surface area contributed by atoms with Crippen LogP contribution in [0.1, 0.15) is 24.1 Å². The zero-order chi connectivity index (χ0) is 20.1. The number of nitrogens with one attached hydrogen (secondary N) is 1. The first kappa shape index (κ1) is 19.8. The minimum Gasteiger partial charge on any atom is -0.497 e. The third kappa shape index (κ3) is 4.64. The number of hydrogen-bond acceptors (Lipinski definition) is 5. The van der Waals surface area contributed by atoms with E-state index in [9.17, 15) is 4.79 Å². The number of methoxy groups -OCH3 is 1. The topological polar surface area (TPSA) is 60.0 Å². The van der Waals surface area contributed by atoms with Crippen LogP contribution in [0.4, 0.5) is 0 Å². The number of hydrogen-bond donors (Lipinski definition) is 1. The summed E-state index contributed by atoms with van der Waals surface area (Å²) in [6, 6.07) is 13.5. The Bertz CT molecular complexity index is 859. The van der Waals surface area contributed by atoms with Crippen LogP contribution < -0.4 is 19.5 Å². The van der Waals surface area contributed by atoms with Crippen molar-refractivity contribution in [1.82, 2.24) is 10.2 Å². The number of benzene rings is 2. The van der Waals surface area contributed by atoms with Crippen LogP contribution in [-0.4, -0.2) is 45.3 Å². The second kappa shape index (κ2) is 8.80. The monoisotopic (exact) mass is 382 g/mol. The molecular formula is C22H26N2O4. The fraction of sp³-hybridized carbons (Fsp3) is 0.318. The molecule has 2 aromatic rings. The molecule has 0 bridgehead atoms. The highest BCUT2D eigenvalue weighted by Crippen LogP contribution is 2.34. The molecule has 1 unspecified atom stereocenters. The molecule has 1 amide bonds. The molecule has 148 valence electrons. The van der Waals surface area contributed by atoms with Crippen LogP contribution in [0.2, 0.25) is 0 Å². The molecule has 0 radical (unpaired) electrons. The van der Waals surface area contributed by atoms with Gasteiger partial charge in [0.25, 0.3) is 0 Å². The van der Waals surface area contributed by atoms with Gasteiger partial charge in [0.1, 0.15) is 5.75 Å². The number of rotatable bonds is 7. The first-order chi connectivity index (χ1) is 13.5. The number of carbonyl (C=O) groups excluding carboxylic acids is 1. The Balaban J connectivity index is 1.65. The zero-order valence-corrected chi connectivity index (χ0v) is 16.7. The van der Waals surface area contributed by atoms with E-state index in [2.05, 4.69) is 10.2 Å². The Hall–Kier alpha value is -2.99. The van der Waals surface area contributed by atoms with E-state index in [4.69, 9.17) is 14.2 Å². The molecule has 2 aromatic carbocycles. The van der Waals surface area contributed by atoms with Crippen LogP contribution >= 0.6 is 0 Å². The lowest BCUT2D eigenvalue weighted by Gasteiger charge is -2.25. The fourth-order valence-corrected chi connectivity index (χ4v) is 3.10. The van der Waals surface area contributed by atoms with E-state index in [1.165, 1.54) is 0 Å². The number of amides is 1. The van der Waals surface area contributed by atoms with E-state index in [1.54, 1.807) is 13.2 Å². The molecule has 1 aliphatic rings. The predicted molar refractivity (Wildman–Crippen MR) is 109 cm³/mol. The van der Waals surface area contributed by atoms with Crippen molar-refractivity contribution in [2.75, 3.05) is 34.5 Å². The number of allylic oxidation sites excluding steroid dienone is 1. The molecule has 28 heavy (non-hydrogen) atoms. The van der Waals surface area contributed by atoms with Crippen molar-refractivity contribution in [3.05, 3.63) is 59.7 Å². The van der Waals surface area contributed by atoms with Crippen molar-refractivity contribution >= 4 is 11.5 Å². The van der Waals surface area contributed by atoms with Crippen molar-refractivity contribution in [2.24, 2.45) is 0 Å². The number of carbonyl (C=O) groups is 1. The Labute approximate surface area is 165 Å². The van der Waals surface area contributed by atoms with Crippen molar-refractivity contribution in [1.29, 1.82) is 0 Å². The van der Waals surface area contributed by atoms with Crippen LogP contribution in [0, 0.1) is 0 Å². The number of nitrogens with zero attached hydrogens (tertiary/aromatic N) is 1. The van der Waals surface area contributed by atoms with Gasteiger partial charge in [0.2, 0.25) is 12.7 Å². The van der Waals surface area contributed by atoms with Crippen LogP contribution in [0.25, 0.3) is 5.57 Å². The van der Waals surface area contributed by atoms with Gasteiger partial charge in [0.15, 0.2) is 11.5 Å². The molecule has 0 fully saturated rings. The van der Waals surface area contributed by atoms with Crippen molar-refractivity contribution in [3.8, 4) is 17.2 Å². The van der Waals surface area contributed by atoms with Crippen LogP contribution in [-0.2, 0) is 4.79 Å². The van der Waals surface area contributed by atoms with E-state index in [0.717, 1.165) is 33.9 Å². The first-order valence-electron chi connectivity index (χ1n) is 9.14. The summed E-state index contributed by atoms with van der Waals surface area (Å²) in [4.78, 5) is 14.5. The van der Waals surface area contributed by atoms with Gasteiger partial charge in [-0.05, 0) is 62.0 Å². The Morgan fingerprint density at radius 3 is 2.57 bits per heavy atom. The second-order valence-corrected chi connectivity index (χ2v) is 6.89. The van der Waals surface area contributed by atoms with Crippen molar-refractivity contribution in [3.63, 3.8) is 0 Å². The maximum absolute atomic E-state index is 12.4. The lowest BCUT2D eigenvalue weighted by Crippen LogP contribution is -2.33. The van der Waals surface area contributed by atoms with Crippen LogP contribution in [0.15, 0.2) is 48.5 Å². The largest absolute Gasteiger partial charge is 0.497 e. The van der Waals surface area contributed by atoms with Crippen molar-refractivity contribution in [2.45, 2.75) is 13.0 Å². The minimum absolute atomic E-state index is 0.0214. The van der Waals surface area contributed by atoms with Crippen LogP contribution in [0.5, 0.6) is 17.2 Å². The minimum atomic E-state index is -0.124. The van der Waals surface area contributed by atoms with Gasteiger partial charge in [-0.15, -0.1) is 0 Å². The van der Waals surface area contributed by atoms with Crippen LogP contribution in [0.3, 0.4) is 0 Å². The average molecular weight is 382 g/mol. The molecular weight excluding hydrogens is 356 g/mol. The molecule has 3 rings (SSSR count). The number of likely N-dealkylation sites (N-methyl/N-ethyl adjacent to an activating group) is 1. The first-order valence-corrected chi connectivity index (χ1v) is 9.14. The van der Waals surface area contributed by atoms with E-state index in [-0.39, 0.29) is 18.7 Å². The highest BCUT2D eigenvalue weighted by molar-refractivity contribution is 5.94. The predicted octanol–water partition coefficient (Wildman–Crippen LogP) is 3.25. The van der Waals surface area contributed by atoms with Gasteiger partial charge in [-0.2, -0.15) is 0 Å². The molecule has 6 heteroatoms. The van der Waals surface area contributed by atoms with Gasteiger partial charge < -0.3 is 24.4 Å². The third-order valence-electron chi connectivity index (χ3n) is 4.77. The molecule has 6 nitrogen and oxygen atoms in total. The SMILES string of the molecule is COc1ccc(/C(C)=C/C(=O)NCC(c2ccc3c(c2)OCO3)N(C)C)cc1. The van der Waals surface area contributed by atoms with E-state index in [0.29, 0.717) is 6.54 Å². The summed E-state index contributed by atoms with van der Waals surface area (Å²) in [5, 5.41) is 3.00. The summed E-state index contributed by atoms with van der Waals surface area (Å²) in [6.45, 7) is 2.65. The molecule has 0 spiro atoms. The second-order valence-electron chi connectivity index (χ2n) is 6.89. The summed E-state index contributed by atoms with van der Waals surface area (Å²) in [5.41, 5.74) is 2.94. The molecule has 0 aliphatic carbocycles. The van der Waals surface area contributed by atoms with Gasteiger partial charge in [0.05, 0.1) is 13.2 Å². The third-order valence-corrected chi connectivity index (χ3v) is 4.77. The standard InChI is InChI=1S/C22H26N2O4/c1-15(16-5-8-18(26-4)9-6-16)11-22(25)23-13-19(24(2)3)17-7-10-20-21(12-17)28-14-27-20/h5-12,19H,13-14H2,1-4H3,(H,23,25)/b15-11+. The molecule has 0 saturated heterocycles. The van der Waals surface area contributed by atoms with E-state index < -0.39 is 0 Å². The van der Waals surface area contributed by atoms with Gasteiger partial charge in [-0.25, -0.2) is 0 Å². The summed E-state index contributed by atoms with van der Waals surface area (Å²) in [7, 11) is 5.60. The lowest BCUT2D eigenvalue weighted by molar-refractivity contribution is -0.116. The molecule has 1 heterocycles. The van der Waals surface area contributed by atoms with E-state index >= 15 is 0 Å². The maximum Gasteiger partial charge on any atom is 0.244 e. The van der Waals surface area contributed by atoms with Gasteiger partial charge in [-0.1, -0.05) is 18.2 Å². The highest BCUT2D eigenvalue weighted by Gasteiger charge is 2.20. The smallest absolute Gasteiger partial charge is 0.244 e. The van der Waals surface area contributed by atoms with E-state index in [1.807, 2.05) is 63.5 Å². The summed E-state index contributed by atoms with van der Waals surface area (Å²) in [5.74, 6) is 2.16. The molecule has 1 aliphatic heterocycles. The van der Waals surface area contributed by atoms with Gasteiger partial charge >= 0.3 is 0 Å². The summed E-state index contributed by atoms with van der Waals surface area (Å²) in [6.07, 6.45) is 1.62. The molecule has 1 atom stereocenters. The molecule has 0 aromatic heterocycles. The number of ether oxygens (including phenoxy) is 3. The summed E-state index contributed by atoms with van der Waals surface area (Å²) >= 11 is 0. The molecule has 0 saturated carbocycles. The Kier molecular flexibility index (Phi) is 6.21. The van der Waals surface area contributed by atoms with Gasteiger partial charge in [0, 0.05) is 12.6 Å². The van der Waals surface area contributed by atoms with Crippen molar-refractivity contribution < 1.29 is 19.0 Å².